The van der Waals surface area contributed by atoms with Gasteiger partial charge in [0, 0.05) is 32.9 Å². The van der Waals surface area contributed by atoms with Gasteiger partial charge in [-0.1, -0.05) is 59.7 Å². The Labute approximate surface area is 211 Å². The van der Waals surface area contributed by atoms with Gasteiger partial charge in [-0.15, -0.1) is 0 Å². The van der Waals surface area contributed by atoms with Crippen molar-refractivity contribution in [1.82, 2.24) is 9.13 Å². The zero-order chi connectivity index (χ0) is 24.6. The maximum atomic E-state index is 2.47. The Kier molecular flexibility index (Phi) is 4.44. The third-order valence-electron chi connectivity index (χ3n) is 7.48. The van der Waals surface area contributed by atoms with E-state index in [1.165, 1.54) is 77.2 Å². The van der Waals surface area contributed by atoms with E-state index in [9.17, 15) is 0 Å². The molecule has 0 unspecified atom stereocenters. The third kappa shape index (κ3) is 2.97. The first-order valence-corrected chi connectivity index (χ1v) is 12.6. The Bertz CT molecular complexity index is 1840. The van der Waals surface area contributed by atoms with Gasteiger partial charge in [0.1, 0.15) is 0 Å². The number of benzene rings is 5. The molecule has 36 heavy (non-hydrogen) atoms. The van der Waals surface area contributed by atoms with Crippen LogP contribution < -0.4 is 0 Å². The van der Waals surface area contributed by atoms with Crippen molar-refractivity contribution in [3.63, 3.8) is 0 Å². The highest BCUT2D eigenvalue weighted by Gasteiger charge is 2.21. The highest BCUT2D eigenvalue weighted by Crippen LogP contribution is 2.42. The molecule has 2 aromatic heterocycles. The van der Waals surface area contributed by atoms with E-state index in [2.05, 4.69) is 134 Å². The molecule has 0 amide bonds. The normalized spacial score (nSPS) is 11.9. The van der Waals surface area contributed by atoms with Crippen molar-refractivity contribution in [2.24, 2.45) is 0 Å². The molecule has 0 aliphatic carbocycles. The molecule has 0 fully saturated rings. The Hall–Kier alpha value is -4.30. The summed E-state index contributed by atoms with van der Waals surface area (Å²) in [4.78, 5) is 0. The molecule has 0 aliphatic heterocycles. The maximum Gasteiger partial charge on any atom is 0.0788 e. The van der Waals surface area contributed by atoms with Gasteiger partial charge in [-0.05, 0) is 87.4 Å². The molecule has 5 aromatic carbocycles. The van der Waals surface area contributed by atoms with Crippen molar-refractivity contribution in [1.29, 1.82) is 0 Å². The molecule has 174 valence electrons. The number of nitrogens with zero attached hydrogens (tertiary/aromatic N) is 2. The van der Waals surface area contributed by atoms with Crippen molar-refractivity contribution >= 4 is 43.6 Å². The molecule has 0 saturated heterocycles. The van der Waals surface area contributed by atoms with Gasteiger partial charge in [-0.3, -0.25) is 0 Å². The third-order valence-corrected chi connectivity index (χ3v) is 7.48. The Morgan fingerprint density at radius 3 is 1.22 bits per heavy atom. The van der Waals surface area contributed by atoms with E-state index in [1.54, 1.807) is 0 Å². The van der Waals surface area contributed by atoms with Crippen LogP contribution in [0.15, 0.2) is 97.1 Å². The summed E-state index contributed by atoms with van der Waals surface area (Å²) in [5, 5.41) is 5.17. The fourth-order valence-electron chi connectivity index (χ4n) is 5.90. The summed E-state index contributed by atoms with van der Waals surface area (Å²) in [7, 11) is 0. The molecule has 7 rings (SSSR count). The van der Waals surface area contributed by atoms with Crippen molar-refractivity contribution in [2.45, 2.75) is 27.7 Å². The number of rotatable bonds is 2. The fourth-order valence-corrected chi connectivity index (χ4v) is 5.90. The topological polar surface area (TPSA) is 9.86 Å². The van der Waals surface area contributed by atoms with Gasteiger partial charge in [0.2, 0.25) is 0 Å². The number of fused-ring (bicyclic) bond motifs is 7. The molecule has 0 bridgehead atoms. The second-order valence-electron chi connectivity index (χ2n) is 10.2. The average Bonchev–Trinajstić information content (AvgIpc) is 3.36. The summed E-state index contributed by atoms with van der Waals surface area (Å²) < 4.78 is 4.94. The monoisotopic (exact) mass is 464 g/mol. The van der Waals surface area contributed by atoms with E-state index in [4.69, 9.17) is 0 Å². The first-order chi connectivity index (χ1) is 17.5. The van der Waals surface area contributed by atoms with Gasteiger partial charge in [-0.2, -0.15) is 0 Å². The molecular weight excluding hydrogens is 436 g/mol. The van der Waals surface area contributed by atoms with Crippen LogP contribution >= 0.6 is 0 Å². The summed E-state index contributed by atoms with van der Waals surface area (Å²) in [5.74, 6) is 0. The number of aromatic nitrogens is 2. The van der Waals surface area contributed by atoms with Crippen molar-refractivity contribution in [3.8, 4) is 11.4 Å². The molecule has 2 heterocycles. The first kappa shape index (κ1) is 21.0. The van der Waals surface area contributed by atoms with Crippen molar-refractivity contribution in [3.05, 3.63) is 119 Å². The minimum Gasteiger partial charge on any atom is -0.307 e. The minimum atomic E-state index is 1.20. The number of hydrogen-bond acceptors (Lipinski definition) is 0. The van der Waals surface area contributed by atoms with Gasteiger partial charge < -0.3 is 9.13 Å². The molecule has 0 aliphatic rings. The number of hydrogen-bond donors (Lipinski definition) is 0. The molecule has 0 N–H and O–H groups in total. The zero-order valence-electron chi connectivity index (χ0n) is 21.1. The summed E-state index contributed by atoms with van der Waals surface area (Å²) in [6.07, 6.45) is 0. The fraction of sp³-hybridized carbons (Fsp3) is 0.118. The Morgan fingerprint density at radius 2 is 0.806 bits per heavy atom. The molecule has 0 radical (unpaired) electrons. The zero-order valence-corrected chi connectivity index (χ0v) is 21.1. The van der Waals surface area contributed by atoms with Crippen LogP contribution in [0.3, 0.4) is 0 Å². The Morgan fingerprint density at radius 1 is 0.389 bits per heavy atom. The minimum absolute atomic E-state index is 1.20. The first-order valence-electron chi connectivity index (χ1n) is 12.6. The maximum absolute atomic E-state index is 2.47. The molecule has 7 aromatic rings. The standard InChI is InChI=1S/C34H28N2/c1-21-7-5-9-25(17-21)35-31-15-11-23(3)19-29(31)27-13-14-28-30-20-24(4)12-16-32(30)36(34(28)33(27)35)26-10-6-8-22(2)18-26/h5-20H,1-4H3. The lowest BCUT2D eigenvalue weighted by Gasteiger charge is -2.13. The largest absolute Gasteiger partial charge is 0.307 e. The molecule has 2 nitrogen and oxygen atoms in total. The molecule has 0 spiro atoms. The van der Waals surface area contributed by atoms with E-state index in [0.29, 0.717) is 0 Å². The van der Waals surface area contributed by atoms with E-state index >= 15 is 0 Å². The highest BCUT2D eigenvalue weighted by molar-refractivity contribution is 6.23. The lowest BCUT2D eigenvalue weighted by Crippen LogP contribution is -1.99. The van der Waals surface area contributed by atoms with Gasteiger partial charge in [-0.25, -0.2) is 0 Å². The van der Waals surface area contributed by atoms with Crippen LogP contribution in [0.5, 0.6) is 0 Å². The SMILES string of the molecule is Cc1cccc(-n2c3ccc(C)cc3c3ccc4c5cc(C)ccc5n(-c5cccc(C)c5)c4c32)c1. The van der Waals surface area contributed by atoms with Crippen molar-refractivity contribution in [2.75, 3.05) is 0 Å². The predicted octanol–water partition coefficient (Wildman–Crippen LogP) is 9.11. The second-order valence-corrected chi connectivity index (χ2v) is 10.2. The summed E-state index contributed by atoms with van der Waals surface area (Å²) in [6.45, 7) is 8.70. The van der Waals surface area contributed by atoms with Gasteiger partial charge in [0.05, 0.1) is 22.1 Å². The molecule has 2 heteroatoms. The van der Waals surface area contributed by atoms with E-state index in [0.717, 1.165) is 0 Å². The summed E-state index contributed by atoms with van der Waals surface area (Å²) >= 11 is 0. The van der Waals surface area contributed by atoms with Crippen LogP contribution in [0.1, 0.15) is 22.3 Å². The van der Waals surface area contributed by atoms with Crippen LogP contribution in [-0.4, -0.2) is 9.13 Å². The lowest BCUT2D eigenvalue weighted by atomic mass is 10.1. The molecule has 0 saturated carbocycles. The lowest BCUT2D eigenvalue weighted by molar-refractivity contribution is 1.14. The van der Waals surface area contributed by atoms with Crippen LogP contribution in [0.2, 0.25) is 0 Å². The van der Waals surface area contributed by atoms with Crippen LogP contribution in [0.4, 0.5) is 0 Å². The summed E-state index contributed by atoms with van der Waals surface area (Å²) in [5.41, 5.74) is 12.5. The predicted molar refractivity (Wildman–Crippen MR) is 154 cm³/mol. The second kappa shape index (κ2) is 7.60. The molecule has 0 atom stereocenters. The van der Waals surface area contributed by atoms with E-state index < -0.39 is 0 Å². The van der Waals surface area contributed by atoms with Crippen molar-refractivity contribution < 1.29 is 0 Å². The van der Waals surface area contributed by atoms with Crippen LogP contribution in [0.25, 0.3) is 55.0 Å². The van der Waals surface area contributed by atoms with E-state index in [-0.39, 0.29) is 0 Å². The highest BCUT2D eigenvalue weighted by atomic mass is 15.0. The van der Waals surface area contributed by atoms with Gasteiger partial charge in [0.15, 0.2) is 0 Å². The van der Waals surface area contributed by atoms with Gasteiger partial charge >= 0.3 is 0 Å². The summed E-state index contributed by atoms with van der Waals surface area (Å²) in [6, 6.07) is 36.0. The van der Waals surface area contributed by atoms with E-state index in [1.807, 2.05) is 0 Å². The van der Waals surface area contributed by atoms with Gasteiger partial charge in [0.25, 0.3) is 0 Å². The quantitative estimate of drug-likeness (QED) is 0.241. The number of aryl methyl sites for hydroxylation is 4. The Balaban J connectivity index is 1.79. The van der Waals surface area contributed by atoms with Crippen LogP contribution in [-0.2, 0) is 0 Å². The smallest absolute Gasteiger partial charge is 0.0788 e. The van der Waals surface area contributed by atoms with Crippen LogP contribution in [0, 0.1) is 27.7 Å². The average molecular weight is 465 g/mol. The molecular formula is C34H28N2.